The molecule has 0 aliphatic carbocycles. The third kappa shape index (κ3) is 5.58. The molecule has 27 heavy (non-hydrogen) atoms. The Bertz CT molecular complexity index is 933. The van der Waals surface area contributed by atoms with Crippen molar-refractivity contribution in [3.8, 4) is 0 Å². The maximum absolute atomic E-state index is 12.4. The van der Waals surface area contributed by atoms with Gasteiger partial charge in [0.1, 0.15) is 0 Å². The molecular formula is C16H16F2N4O4S. The molecule has 11 heteroatoms. The molecule has 1 aromatic carbocycles. The number of nitro benzene ring substituents is 1. The number of benzene rings is 1. The van der Waals surface area contributed by atoms with E-state index >= 15 is 0 Å². The van der Waals surface area contributed by atoms with Crippen molar-refractivity contribution >= 4 is 29.0 Å². The van der Waals surface area contributed by atoms with Crippen LogP contribution in [-0.2, 0) is 11.2 Å². The molecule has 2 rings (SSSR count). The summed E-state index contributed by atoms with van der Waals surface area (Å²) in [6, 6.07) is 4.31. The topological polar surface area (TPSA) is 118 Å². The highest BCUT2D eigenvalue weighted by Gasteiger charge is 2.15. The number of carbonyl (C=O) groups is 1. The highest BCUT2D eigenvalue weighted by atomic mass is 32.2. The Morgan fingerprint density at radius 1 is 1.41 bits per heavy atom. The number of nitro groups is 1. The number of amides is 1. The van der Waals surface area contributed by atoms with Gasteiger partial charge in [-0.1, -0.05) is 6.07 Å². The minimum atomic E-state index is -2.71. The molecule has 0 saturated heterocycles. The maximum atomic E-state index is 12.4. The first-order chi connectivity index (χ1) is 12.7. The van der Waals surface area contributed by atoms with Gasteiger partial charge in [0.15, 0.2) is 5.16 Å². The van der Waals surface area contributed by atoms with Crippen LogP contribution in [0.15, 0.2) is 28.2 Å². The number of hydrogen-bond acceptors (Lipinski definition) is 6. The zero-order chi connectivity index (χ0) is 20.1. The molecule has 0 atom stereocenters. The van der Waals surface area contributed by atoms with E-state index in [2.05, 4.69) is 15.3 Å². The second-order valence-corrected chi connectivity index (χ2v) is 6.60. The summed E-state index contributed by atoms with van der Waals surface area (Å²) in [7, 11) is 0. The van der Waals surface area contributed by atoms with E-state index in [1.165, 1.54) is 25.1 Å². The number of rotatable bonds is 7. The Hall–Kier alpha value is -2.82. The van der Waals surface area contributed by atoms with Crippen molar-refractivity contribution in [1.82, 2.24) is 9.97 Å². The molecule has 0 aliphatic heterocycles. The van der Waals surface area contributed by atoms with Gasteiger partial charge in [-0.25, -0.2) is 4.98 Å². The van der Waals surface area contributed by atoms with Gasteiger partial charge in [-0.05, 0) is 38.1 Å². The summed E-state index contributed by atoms with van der Waals surface area (Å²) in [5, 5.41) is 13.3. The van der Waals surface area contributed by atoms with Crippen molar-refractivity contribution in [2.24, 2.45) is 0 Å². The first-order valence-electron chi connectivity index (χ1n) is 7.77. The van der Waals surface area contributed by atoms with Crippen molar-refractivity contribution < 1.29 is 18.5 Å². The normalized spacial score (nSPS) is 10.9. The van der Waals surface area contributed by atoms with Gasteiger partial charge in [0, 0.05) is 35.0 Å². The molecule has 0 saturated carbocycles. The molecule has 2 N–H and O–H groups in total. The predicted octanol–water partition coefficient (Wildman–Crippen LogP) is 3.18. The van der Waals surface area contributed by atoms with Gasteiger partial charge in [-0.15, -0.1) is 0 Å². The van der Waals surface area contributed by atoms with Gasteiger partial charge in [-0.2, -0.15) is 8.78 Å². The van der Waals surface area contributed by atoms with Crippen LogP contribution in [-0.4, -0.2) is 26.6 Å². The first kappa shape index (κ1) is 20.5. The Labute approximate surface area is 156 Å². The molecule has 1 aromatic heterocycles. The molecular weight excluding hydrogens is 382 g/mol. The lowest BCUT2D eigenvalue weighted by molar-refractivity contribution is -0.385. The van der Waals surface area contributed by atoms with E-state index in [1.807, 2.05) is 0 Å². The third-order valence-electron chi connectivity index (χ3n) is 3.69. The molecule has 0 fully saturated rings. The minimum absolute atomic E-state index is 0.0492. The lowest BCUT2D eigenvalue weighted by Crippen LogP contribution is -2.20. The highest BCUT2D eigenvalue weighted by molar-refractivity contribution is 7.99. The quantitative estimate of drug-likeness (QED) is 0.320. The number of aryl methyl sites for hydroxylation is 2. The summed E-state index contributed by atoms with van der Waals surface area (Å²) >= 11 is 0.132. The Balaban J connectivity index is 2.05. The summed E-state index contributed by atoms with van der Waals surface area (Å²) in [5.41, 5.74) is 0.526. The minimum Gasteiger partial charge on any atom is -0.326 e. The van der Waals surface area contributed by atoms with Crippen LogP contribution >= 0.6 is 11.8 Å². The molecule has 1 heterocycles. The van der Waals surface area contributed by atoms with E-state index in [9.17, 15) is 28.5 Å². The number of aromatic amines is 1. The van der Waals surface area contributed by atoms with Crippen molar-refractivity contribution in [3.63, 3.8) is 0 Å². The lowest BCUT2D eigenvalue weighted by atomic mass is 10.1. The zero-order valence-electron chi connectivity index (χ0n) is 14.4. The van der Waals surface area contributed by atoms with Crippen molar-refractivity contribution in [2.45, 2.75) is 37.6 Å². The van der Waals surface area contributed by atoms with Gasteiger partial charge >= 0.3 is 0 Å². The van der Waals surface area contributed by atoms with E-state index < -0.39 is 22.1 Å². The van der Waals surface area contributed by atoms with Crippen LogP contribution < -0.4 is 10.9 Å². The molecule has 1 amide bonds. The van der Waals surface area contributed by atoms with Gasteiger partial charge in [0.25, 0.3) is 17.0 Å². The number of thioether (sulfide) groups is 1. The van der Waals surface area contributed by atoms with Crippen LogP contribution in [0.4, 0.5) is 20.2 Å². The molecule has 0 unspecified atom stereocenters. The van der Waals surface area contributed by atoms with Crippen LogP contribution in [0.25, 0.3) is 0 Å². The number of hydrogen-bond donors (Lipinski definition) is 2. The Kier molecular flexibility index (Phi) is 6.61. The average molecular weight is 398 g/mol. The van der Waals surface area contributed by atoms with E-state index in [-0.39, 0.29) is 52.4 Å². The number of alkyl halides is 2. The van der Waals surface area contributed by atoms with Gasteiger partial charge in [0.05, 0.1) is 4.92 Å². The standard InChI is InChI=1S/C16H16F2N4O4S/c1-8-3-4-10(7-12(8)22(25)26)20-13(23)6-5-11-9(2)19-16(21-14(11)24)27-15(17)18/h3-4,7,15H,5-6H2,1-2H3,(H,20,23)(H,19,21,24). The first-order valence-corrected chi connectivity index (χ1v) is 8.65. The number of carbonyl (C=O) groups excluding carboxylic acids is 1. The average Bonchev–Trinajstić information content (AvgIpc) is 2.55. The maximum Gasteiger partial charge on any atom is 0.291 e. The van der Waals surface area contributed by atoms with E-state index in [4.69, 9.17) is 0 Å². The fraction of sp³-hybridized carbons (Fsp3) is 0.312. The summed E-state index contributed by atoms with van der Waals surface area (Å²) in [5.74, 6) is -3.15. The fourth-order valence-electron chi connectivity index (χ4n) is 2.37. The van der Waals surface area contributed by atoms with Crippen LogP contribution in [0.1, 0.15) is 23.2 Å². The van der Waals surface area contributed by atoms with Gasteiger partial charge < -0.3 is 10.3 Å². The number of H-pyrrole nitrogens is 1. The number of halogens is 2. The lowest BCUT2D eigenvalue weighted by Gasteiger charge is -2.08. The molecule has 144 valence electrons. The number of aromatic nitrogens is 2. The van der Waals surface area contributed by atoms with Crippen LogP contribution in [0, 0.1) is 24.0 Å². The van der Waals surface area contributed by atoms with E-state index in [0.717, 1.165) is 0 Å². The zero-order valence-corrected chi connectivity index (χ0v) is 15.2. The number of anilines is 1. The Morgan fingerprint density at radius 2 is 2.11 bits per heavy atom. The summed E-state index contributed by atoms with van der Waals surface area (Å²) in [6.45, 7) is 3.09. The second-order valence-electron chi connectivity index (χ2n) is 5.62. The van der Waals surface area contributed by atoms with E-state index in [0.29, 0.717) is 5.56 Å². The SMILES string of the molecule is Cc1ccc(NC(=O)CCc2c(C)nc(SC(F)F)[nH]c2=O)cc1[N+](=O)[O-]. The monoisotopic (exact) mass is 398 g/mol. The van der Waals surface area contributed by atoms with Crippen molar-refractivity contribution in [3.05, 3.63) is 55.5 Å². The van der Waals surface area contributed by atoms with Crippen molar-refractivity contribution in [1.29, 1.82) is 0 Å². The molecule has 0 spiro atoms. The fourth-order valence-corrected chi connectivity index (χ4v) is 2.88. The Morgan fingerprint density at radius 3 is 2.70 bits per heavy atom. The molecule has 0 aliphatic rings. The number of nitrogens with zero attached hydrogens (tertiary/aromatic N) is 2. The third-order valence-corrected chi connectivity index (χ3v) is 4.29. The van der Waals surface area contributed by atoms with Crippen LogP contribution in [0.5, 0.6) is 0 Å². The van der Waals surface area contributed by atoms with E-state index in [1.54, 1.807) is 6.92 Å². The van der Waals surface area contributed by atoms with Gasteiger partial charge in [0.2, 0.25) is 5.91 Å². The van der Waals surface area contributed by atoms with Crippen molar-refractivity contribution in [2.75, 3.05) is 5.32 Å². The largest absolute Gasteiger partial charge is 0.326 e. The molecule has 0 bridgehead atoms. The summed E-state index contributed by atoms with van der Waals surface area (Å²) < 4.78 is 24.7. The molecule has 8 nitrogen and oxygen atoms in total. The van der Waals surface area contributed by atoms with Crippen LogP contribution in [0.3, 0.4) is 0 Å². The summed E-state index contributed by atoms with van der Waals surface area (Å²) in [4.78, 5) is 40.6. The molecule has 0 radical (unpaired) electrons. The predicted molar refractivity (Wildman–Crippen MR) is 96.2 cm³/mol. The molecule has 2 aromatic rings. The van der Waals surface area contributed by atoms with Crippen LogP contribution in [0.2, 0.25) is 0 Å². The number of nitrogens with one attached hydrogen (secondary N) is 2. The highest BCUT2D eigenvalue weighted by Crippen LogP contribution is 2.23. The second kappa shape index (κ2) is 8.71. The van der Waals surface area contributed by atoms with Gasteiger partial charge in [-0.3, -0.25) is 19.7 Å². The summed E-state index contributed by atoms with van der Waals surface area (Å²) in [6.07, 6.45) is -0.0256. The smallest absolute Gasteiger partial charge is 0.291 e.